The van der Waals surface area contributed by atoms with E-state index in [4.69, 9.17) is 4.98 Å². The van der Waals surface area contributed by atoms with Crippen LogP contribution in [-0.4, -0.2) is 23.0 Å². The number of hydrogen-bond acceptors (Lipinski definition) is 4. The van der Waals surface area contributed by atoms with E-state index in [1.54, 1.807) is 0 Å². The molecular weight excluding hydrogens is 332 g/mol. The van der Waals surface area contributed by atoms with Crippen LogP contribution in [0.25, 0.3) is 10.9 Å². The zero-order chi connectivity index (χ0) is 16.8. The summed E-state index contributed by atoms with van der Waals surface area (Å²) >= 11 is 0. The van der Waals surface area contributed by atoms with Crippen molar-refractivity contribution in [2.24, 2.45) is 5.92 Å². The van der Waals surface area contributed by atoms with Crippen molar-refractivity contribution in [3.8, 4) is 0 Å². The van der Waals surface area contributed by atoms with Crippen LogP contribution in [0, 0.1) is 5.92 Å². The average molecular weight is 361 g/mol. The lowest BCUT2D eigenvalue weighted by Crippen LogP contribution is -2.13. The zero-order valence-electron chi connectivity index (χ0n) is 14.8. The van der Waals surface area contributed by atoms with Gasteiger partial charge in [-0.05, 0) is 49.7 Å². The largest absolute Gasteiger partial charge is 0.383 e. The highest BCUT2D eigenvalue weighted by Crippen LogP contribution is 2.33. The molecule has 0 atom stereocenters. The number of benzene rings is 1. The van der Waals surface area contributed by atoms with Gasteiger partial charge < -0.3 is 5.32 Å². The average Bonchev–Trinajstić information content (AvgIpc) is 2.59. The number of hydrogen-bond donors (Lipinski definition) is 1. The first kappa shape index (κ1) is 17.9. The van der Waals surface area contributed by atoms with Crippen molar-refractivity contribution in [1.29, 1.82) is 0 Å². The molecule has 1 N–H and O–H groups in total. The molecule has 3 rings (SSSR count). The van der Waals surface area contributed by atoms with Crippen molar-refractivity contribution < 1.29 is 0 Å². The van der Waals surface area contributed by atoms with Crippen molar-refractivity contribution in [1.82, 2.24) is 4.98 Å². The van der Waals surface area contributed by atoms with Gasteiger partial charge in [-0.1, -0.05) is 53.6 Å². The van der Waals surface area contributed by atoms with Crippen LogP contribution in [0.2, 0.25) is 0 Å². The van der Waals surface area contributed by atoms with Gasteiger partial charge in [0.1, 0.15) is 0 Å². The van der Waals surface area contributed by atoms with Crippen LogP contribution in [0.3, 0.4) is 0 Å². The Morgan fingerprint density at radius 3 is 2.75 bits per heavy atom. The Morgan fingerprint density at radius 2 is 1.88 bits per heavy atom. The Kier molecular flexibility index (Phi) is 6.73. The van der Waals surface area contributed by atoms with E-state index in [1.807, 2.05) is 21.6 Å². The van der Waals surface area contributed by atoms with E-state index in [0.717, 1.165) is 30.2 Å². The summed E-state index contributed by atoms with van der Waals surface area (Å²) in [7, 11) is 4.01. The molecule has 2 nitrogen and oxygen atoms in total. The van der Waals surface area contributed by atoms with Gasteiger partial charge in [0.25, 0.3) is 0 Å². The fourth-order valence-electron chi connectivity index (χ4n) is 3.19. The fraction of sp³-hybridized carbons (Fsp3) is 0.550. The van der Waals surface area contributed by atoms with E-state index >= 15 is 0 Å². The molecule has 4 heteroatoms. The number of nitrogens with zero attached hydrogens (tertiary/aromatic N) is 1. The summed E-state index contributed by atoms with van der Waals surface area (Å²) in [5.41, 5.74) is 5.28. The maximum absolute atomic E-state index is 4.91. The molecule has 0 fully saturated rings. The quantitative estimate of drug-likeness (QED) is 0.464. The summed E-state index contributed by atoms with van der Waals surface area (Å²) in [6.45, 7) is 5.62. The van der Waals surface area contributed by atoms with E-state index in [2.05, 4.69) is 43.4 Å². The number of aromatic nitrogens is 1. The van der Waals surface area contributed by atoms with Gasteiger partial charge in [-0.2, -0.15) is 0 Å². The molecule has 0 aliphatic heterocycles. The summed E-state index contributed by atoms with van der Waals surface area (Å²) in [6, 6.07) is 8.58. The first-order valence-corrected chi connectivity index (χ1v) is 11.6. The van der Waals surface area contributed by atoms with Crippen LogP contribution >= 0.6 is 21.6 Å². The van der Waals surface area contributed by atoms with Crippen LogP contribution in [0.5, 0.6) is 0 Å². The number of fused-ring (bicyclic) bond motifs is 2. The fourth-order valence-corrected chi connectivity index (χ4v) is 5.43. The zero-order valence-corrected chi connectivity index (χ0v) is 16.4. The summed E-state index contributed by atoms with van der Waals surface area (Å²) in [5.74, 6) is 3.22. The summed E-state index contributed by atoms with van der Waals surface area (Å²) in [5, 5.41) is 5.03. The monoisotopic (exact) mass is 360 g/mol. The molecule has 0 saturated heterocycles. The van der Waals surface area contributed by atoms with Crippen LogP contribution in [0.1, 0.15) is 44.4 Å². The van der Waals surface area contributed by atoms with Gasteiger partial charge in [0.2, 0.25) is 0 Å². The lowest BCUT2D eigenvalue weighted by Gasteiger charge is -2.21. The number of rotatable bonds is 8. The highest BCUT2D eigenvalue weighted by atomic mass is 33.1. The number of pyridine rings is 1. The Bertz CT molecular complexity index is 670. The summed E-state index contributed by atoms with van der Waals surface area (Å²) in [4.78, 5) is 4.91. The maximum atomic E-state index is 4.91. The first-order chi connectivity index (χ1) is 11.8. The molecule has 130 valence electrons. The Balaban J connectivity index is 1.63. The van der Waals surface area contributed by atoms with E-state index in [-0.39, 0.29) is 0 Å². The molecule has 1 aliphatic rings. The van der Waals surface area contributed by atoms with Gasteiger partial charge in [0, 0.05) is 34.8 Å². The van der Waals surface area contributed by atoms with E-state index in [9.17, 15) is 0 Å². The predicted molar refractivity (Wildman–Crippen MR) is 111 cm³/mol. The van der Waals surface area contributed by atoms with Crippen LogP contribution in [-0.2, 0) is 12.8 Å². The van der Waals surface area contributed by atoms with Gasteiger partial charge in [0.15, 0.2) is 0 Å². The number of anilines is 1. The second-order valence-corrected chi connectivity index (χ2v) is 9.59. The molecule has 1 aromatic carbocycles. The summed E-state index contributed by atoms with van der Waals surface area (Å²) < 4.78 is 0. The number of nitrogens with one attached hydrogen (secondary N) is 1. The van der Waals surface area contributed by atoms with Crippen molar-refractivity contribution >= 4 is 38.2 Å². The minimum Gasteiger partial charge on any atom is -0.383 e. The molecular formula is C20H28N2S2. The third-order valence-electron chi connectivity index (χ3n) is 4.52. The molecule has 0 spiro atoms. The molecule has 0 amide bonds. The first-order valence-electron chi connectivity index (χ1n) is 9.14. The number of para-hydroxylation sites is 1. The smallest absolute Gasteiger partial charge is 0.0726 e. The molecule has 24 heavy (non-hydrogen) atoms. The van der Waals surface area contributed by atoms with Gasteiger partial charge in [-0.3, -0.25) is 4.98 Å². The molecule has 0 saturated carbocycles. The van der Waals surface area contributed by atoms with Gasteiger partial charge in [-0.15, -0.1) is 0 Å². The molecule has 2 aromatic rings. The van der Waals surface area contributed by atoms with E-state index < -0.39 is 0 Å². The normalized spacial score (nSPS) is 14.1. The third-order valence-corrected chi connectivity index (χ3v) is 6.96. The Morgan fingerprint density at radius 1 is 1.08 bits per heavy atom. The Labute approximate surface area is 154 Å². The van der Waals surface area contributed by atoms with Crippen molar-refractivity contribution in [2.45, 2.75) is 46.0 Å². The topological polar surface area (TPSA) is 24.9 Å². The van der Waals surface area contributed by atoms with Gasteiger partial charge in [0.05, 0.1) is 5.52 Å². The van der Waals surface area contributed by atoms with Crippen LogP contribution in [0.4, 0.5) is 5.69 Å². The predicted octanol–water partition coefficient (Wildman–Crippen LogP) is 5.95. The van der Waals surface area contributed by atoms with E-state index in [1.165, 1.54) is 53.8 Å². The maximum Gasteiger partial charge on any atom is 0.0726 e. The molecule has 0 unspecified atom stereocenters. The summed E-state index contributed by atoms with van der Waals surface area (Å²) in [6.07, 6.45) is 6.19. The van der Waals surface area contributed by atoms with Crippen LogP contribution < -0.4 is 5.32 Å². The van der Waals surface area contributed by atoms with Gasteiger partial charge in [-0.25, -0.2) is 0 Å². The minimum atomic E-state index is 0.811. The minimum absolute atomic E-state index is 0.811. The standard InChI is InChI=1S/C20H28N2S2/c1-15(2)11-13-23-24-14-12-21-20-16-7-3-5-9-18(16)22-19-10-6-4-8-17(19)20/h3,5,7,9,15H,4,6,8,10-14H2,1-2H3,(H,21,22). The van der Waals surface area contributed by atoms with E-state index in [0.29, 0.717) is 0 Å². The lowest BCUT2D eigenvalue weighted by atomic mass is 9.92. The number of aryl methyl sites for hydroxylation is 1. The molecule has 0 bridgehead atoms. The van der Waals surface area contributed by atoms with Crippen molar-refractivity contribution in [3.63, 3.8) is 0 Å². The molecule has 1 heterocycles. The Hall–Kier alpha value is -0.870. The second kappa shape index (κ2) is 9.00. The van der Waals surface area contributed by atoms with Crippen LogP contribution in [0.15, 0.2) is 24.3 Å². The highest BCUT2D eigenvalue weighted by molar-refractivity contribution is 8.76. The van der Waals surface area contributed by atoms with Gasteiger partial charge >= 0.3 is 0 Å². The molecule has 1 aliphatic carbocycles. The van der Waals surface area contributed by atoms with Crippen molar-refractivity contribution in [2.75, 3.05) is 23.4 Å². The highest BCUT2D eigenvalue weighted by Gasteiger charge is 2.17. The lowest BCUT2D eigenvalue weighted by molar-refractivity contribution is 0.633. The molecule has 1 aromatic heterocycles. The second-order valence-electron chi connectivity index (χ2n) is 6.89. The molecule has 0 radical (unpaired) electrons. The SMILES string of the molecule is CC(C)CCSSCCNc1c2c(nc3ccccc13)CCCC2. The third kappa shape index (κ3) is 4.60. The van der Waals surface area contributed by atoms with Crippen molar-refractivity contribution in [3.05, 3.63) is 35.5 Å².